The van der Waals surface area contributed by atoms with Crippen LogP contribution in [0.3, 0.4) is 0 Å². The van der Waals surface area contributed by atoms with Crippen LogP contribution in [0.5, 0.6) is 0 Å². The summed E-state index contributed by atoms with van der Waals surface area (Å²) in [5, 5.41) is 3.56. The summed E-state index contributed by atoms with van der Waals surface area (Å²) in [6, 6.07) is 41.0. The molecule has 0 radical (unpaired) electrons. The van der Waals surface area contributed by atoms with E-state index in [4.69, 9.17) is 0 Å². The summed E-state index contributed by atoms with van der Waals surface area (Å²) in [5.41, 5.74) is 0.726. The molecule has 0 N–H and O–H groups in total. The average Bonchev–Trinajstić information content (AvgIpc) is 2.82. The molecule has 0 aliphatic rings. The molecule has 29 heavy (non-hydrogen) atoms. The molecule has 0 amide bonds. The van der Waals surface area contributed by atoms with Crippen molar-refractivity contribution in [3.8, 4) is 0 Å². The number of Topliss-reactive ketones (excluding diaryl/α,β-unsaturated/α-hetero) is 1. The van der Waals surface area contributed by atoms with Gasteiger partial charge in [-0.3, -0.25) is 4.79 Å². The summed E-state index contributed by atoms with van der Waals surface area (Å²) >= 11 is 2.31. The van der Waals surface area contributed by atoms with E-state index in [-0.39, 0.29) is 5.78 Å². The lowest BCUT2D eigenvalue weighted by molar-refractivity contribution is 0.107. The lowest BCUT2D eigenvalue weighted by Gasteiger charge is -2.30. The van der Waals surface area contributed by atoms with Crippen molar-refractivity contribution in [1.29, 1.82) is 0 Å². The van der Waals surface area contributed by atoms with Crippen molar-refractivity contribution >= 4 is 54.5 Å². The van der Waals surface area contributed by atoms with Gasteiger partial charge in [-0.15, -0.1) is 0 Å². The lowest BCUT2D eigenvalue weighted by atomic mass is 10.2. The van der Waals surface area contributed by atoms with Crippen LogP contribution in [0, 0.1) is 0 Å². The minimum atomic E-state index is -2.31. The van der Waals surface area contributed by atoms with E-state index in [1.54, 1.807) is 0 Å². The van der Waals surface area contributed by atoms with Gasteiger partial charge in [0.2, 0.25) is 0 Å². The molecule has 0 saturated heterocycles. The van der Waals surface area contributed by atoms with Gasteiger partial charge < -0.3 is 0 Å². The molecule has 4 aromatic carbocycles. The maximum atomic E-state index is 13.7. The second-order valence-electron chi connectivity index (χ2n) is 6.66. The Morgan fingerprint density at radius 1 is 0.517 bits per heavy atom. The highest BCUT2D eigenvalue weighted by atomic mass is 127. The summed E-state index contributed by atoms with van der Waals surface area (Å²) < 4.78 is 0.866. The van der Waals surface area contributed by atoms with Crippen LogP contribution in [0.25, 0.3) is 0 Å². The van der Waals surface area contributed by atoms with Crippen LogP contribution in [0.4, 0.5) is 0 Å². The molecule has 0 heterocycles. The molecular weight excluding hydrogens is 486 g/mol. The van der Waals surface area contributed by atoms with Gasteiger partial charge in [-0.25, -0.2) is 0 Å². The van der Waals surface area contributed by atoms with Crippen molar-refractivity contribution in [3.63, 3.8) is 0 Å². The quantitative estimate of drug-likeness (QED) is 0.201. The summed E-state index contributed by atoms with van der Waals surface area (Å²) in [5.74, 6) is 0.0936. The molecule has 0 bridgehead atoms. The van der Waals surface area contributed by atoms with E-state index in [1.807, 2.05) is 48.5 Å². The molecule has 0 saturated carbocycles. The molecule has 4 aromatic rings. The van der Waals surface area contributed by atoms with Crippen molar-refractivity contribution in [2.24, 2.45) is 0 Å². The highest BCUT2D eigenvalue weighted by molar-refractivity contribution is 14.1. The third-order valence-corrected chi connectivity index (χ3v) is 11.6. The largest absolute Gasteiger partial charge is 0.288 e. The zero-order valence-electron chi connectivity index (χ0n) is 15.8. The third kappa shape index (κ3) is 3.75. The molecule has 0 aliphatic carbocycles. The Morgan fingerprint density at radius 2 is 0.828 bits per heavy atom. The summed E-state index contributed by atoms with van der Waals surface area (Å²) in [4.78, 5) is 13.7. The lowest BCUT2D eigenvalue weighted by Crippen LogP contribution is -2.31. The van der Waals surface area contributed by atoms with Crippen molar-refractivity contribution in [2.75, 3.05) is 0 Å². The molecule has 1 nitrogen and oxygen atoms in total. The van der Waals surface area contributed by atoms with E-state index in [1.165, 1.54) is 15.9 Å². The van der Waals surface area contributed by atoms with Crippen LogP contribution in [-0.2, 0) is 0 Å². The van der Waals surface area contributed by atoms with Gasteiger partial charge in [0.25, 0.3) is 0 Å². The number of ketones is 1. The number of rotatable bonds is 5. The molecule has 0 fully saturated rings. The summed E-state index contributed by atoms with van der Waals surface area (Å²) in [6.45, 7) is -2.31. The van der Waals surface area contributed by atoms with Crippen LogP contribution >= 0.6 is 29.5 Å². The number of benzene rings is 4. The molecule has 3 heteroatoms. The Hall–Kier alpha value is -2.42. The first-order valence-corrected chi connectivity index (χ1v) is 12.3. The smallest absolute Gasteiger partial charge is 0.200 e. The predicted octanol–water partition coefficient (Wildman–Crippen LogP) is 5.43. The van der Waals surface area contributed by atoms with Gasteiger partial charge in [-0.1, -0.05) is 121 Å². The molecular formula is C26H20IOP. The fourth-order valence-corrected chi connectivity index (χ4v) is 10.3. The maximum absolute atomic E-state index is 13.7. The topological polar surface area (TPSA) is 17.1 Å². The van der Waals surface area contributed by atoms with Crippen LogP contribution in [-0.4, -0.2) is 9.08 Å². The van der Waals surface area contributed by atoms with Gasteiger partial charge >= 0.3 is 0 Å². The Labute approximate surface area is 185 Å². The highest BCUT2D eigenvalue weighted by Gasteiger charge is 2.32. The molecule has 4 rings (SSSR count). The maximum Gasteiger partial charge on any atom is 0.200 e. The number of carbonyl (C=O) groups is 1. The standard InChI is InChI=1S/C26H20IOP/c27-26(25(28)21-13-5-1-6-14-21)29(22-15-7-2-8-16-22,23-17-9-3-10-18-23)24-19-11-4-12-20-24/h1-20H. The van der Waals surface area contributed by atoms with Crippen LogP contribution in [0.2, 0.25) is 0 Å². The highest BCUT2D eigenvalue weighted by Crippen LogP contribution is 2.48. The van der Waals surface area contributed by atoms with E-state index in [2.05, 4.69) is 95.4 Å². The molecule has 0 aliphatic heterocycles. The van der Waals surface area contributed by atoms with E-state index >= 15 is 0 Å². The molecule has 0 aromatic heterocycles. The van der Waals surface area contributed by atoms with Crippen molar-refractivity contribution in [1.82, 2.24) is 0 Å². The number of hydrogen-bond donors (Lipinski definition) is 0. The third-order valence-electron chi connectivity index (χ3n) is 4.95. The zero-order chi connectivity index (χ0) is 20.1. The van der Waals surface area contributed by atoms with Crippen LogP contribution < -0.4 is 15.9 Å². The fourth-order valence-electron chi connectivity index (χ4n) is 3.60. The fraction of sp³-hybridized carbons (Fsp3) is 0. The van der Waals surface area contributed by atoms with E-state index < -0.39 is 6.89 Å². The predicted molar refractivity (Wildman–Crippen MR) is 135 cm³/mol. The zero-order valence-corrected chi connectivity index (χ0v) is 18.8. The second-order valence-corrected chi connectivity index (χ2v) is 11.9. The number of halogens is 1. The van der Waals surface area contributed by atoms with Gasteiger partial charge in [0.15, 0.2) is 5.78 Å². The Balaban J connectivity index is 2.15. The summed E-state index contributed by atoms with van der Waals surface area (Å²) in [6.07, 6.45) is 0. The summed E-state index contributed by atoms with van der Waals surface area (Å²) in [7, 11) is 0. The first-order valence-electron chi connectivity index (χ1n) is 9.43. The second kappa shape index (κ2) is 8.94. The van der Waals surface area contributed by atoms with Gasteiger partial charge in [0.05, 0.1) is 3.30 Å². The van der Waals surface area contributed by atoms with E-state index in [9.17, 15) is 4.79 Å². The average molecular weight is 506 g/mol. The first kappa shape index (κ1) is 19.9. The normalized spacial score (nSPS) is 11.1. The molecule has 0 atom stereocenters. The first-order chi connectivity index (χ1) is 14.2. The van der Waals surface area contributed by atoms with Gasteiger partial charge in [0, 0.05) is 5.56 Å². The Morgan fingerprint density at radius 3 is 1.17 bits per heavy atom. The minimum Gasteiger partial charge on any atom is -0.288 e. The molecule has 0 spiro atoms. The Bertz CT molecular complexity index is 1050. The monoisotopic (exact) mass is 506 g/mol. The minimum absolute atomic E-state index is 0.0936. The van der Waals surface area contributed by atoms with Crippen LogP contribution in [0.15, 0.2) is 121 Å². The number of carbonyl (C=O) groups excluding carboxylic acids is 1. The van der Waals surface area contributed by atoms with Crippen molar-refractivity contribution < 1.29 is 4.79 Å². The van der Waals surface area contributed by atoms with Gasteiger partial charge in [-0.05, 0) is 45.4 Å². The van der Waals surface area contributed by atoms with Crippen molar-refractivity contribution in [3.05, 3.63) is 127 Å². The van der Waals surface area contributed by atoms with Crippen molar-refractivity contribution in [2.45, 2.75) is 0 Å². The molecule has 142 valence electrons. The van der Waals surface area contributed by atoms with E-state index in [0.717, 1.165) is 8.86 Å². The van der Waals surface area contributed by atoms with E-state index in [0.29, 0.717) is 0 Å². The van der Waals surface area contributed by atoms with Gasteiger partial charge in [0.1, 0.15) is 0 Å². The Kier molecular flexibility index (Phi) is 6.13. The van der Waals surface area contributed by atoms with Crippen LogP contribution in [0.1, 0.15) is 10.4 Å². The number of hydrogen-bond acceptors (Lipinski definition) is 1. The molecule has 0 unspecified atom stereocenters. The van der Waals surface area contributed by atoms with Gasteiger partial charge in [-0.2, -0.15) is 0 Å². The SMILES string of the molecule is O=C(C(I)=P(c1ccccc1)(c1ccccc1)c1ccccc1)c1ccccc1.